The monoisotopic (exact) mass is 289 g/mol. The average Bonchev–Trinajstić information content (AvgIpc) is 2.82. The van der Waals surface area contributed by atoms with Gasteiger partial charge in [0, 0.05) is 17.6 Å². The summed E-state index contributed by atoms with van der Waals surface area (Å²) in [7, 11) is 0. The van der Waals surface area contributed by atoms with Crippen LogP contribution in [-0.2, 0) is 13.0 Å². The summed E-state index contributed by atoms with van der Waals surface area (Å²) >= 11 is 1.56. The second-order valence-corrected chi connectivity index (χ2v) is 5.67. The van der Waals surface area contributed by atoms with Crippen molar-refractivity contribution < 1.29 is 4.79 Å². The van der Waals surface area contributed by atoms with Crippen LogP contribution in [0.15, 0.2) is 29.6 Å². The van der Waals surface area contributed by atoms with Crippen molar-refractivity contribution in [3.63, 3.8) is 0 Å². The molecule has 0 saturated carbocycles. The Labute approximate surface area is 123 Å². The molecule has 20 heavy (non-hydrogen) atoms. The lowest BCUT2D eigenvalue weighted by Crippen LogP contribution is -2.36. The Balaban J connectivity index is 1.67. The van der Waals surface area contributed by atoms with E-state index in [1.165, 1.54) is 11.1 Å². The summed E-state index contributed by atoms with van der Waals surface area (Å²) in [6.07, 6.45) is 0.839. The molecule has 0 spiro atoms. The number of urea groups is 1. The number of nitrogens with one attached hydrogen (secondary N) is 2. The third-order valence-electron chi connectivity index (χ3n) is 2.85. The van der Waals surface area contributed by atoms with Crippen LogP contribution in [0.3, 0.4) is 0 Å². The summed E-state index contributed by atoms with van der Waals surface area (Å²) in [5, 5.41) is 8.57. The van der Waals surface area contributed by atoms with Gasteiger partial charge >= 0.3 is 6.03 Å². The van der Waals surface area contributed by atoms with E-state index in [0.717, 1.165) is 17.1 Å². The van der Waals surface area contributed by atoms with Crippen LogP contribution in [0, 0.1) is 13.8 Å². The van der Waals surface area contributed by atoms with Crippen molar-refractivity contribution >= 4 is 17.4 Å². The molecule has 2 N–H and O–H groups in total. The van der Waals surface area contributed by atoms with Gasteiger partial charge in [-0.15, -0.1) is 11.3 Å². The van der Waals surface area contributed by atoms with Crippen LogP contribution in [-0.4, -0.2) is 17.6 Å². The molecule has 0 atom stereocenters. The third-order valence-corrected chi connectivity index (χ3v) is 3.82. The maximum atomic E-state index is 11.6. The molecule has 0 radical (unpaired) electrons. The molecule has 2 aromatic rings. The van der Waals surface area contributed by atoms with Crippen LogP contribution in [0.2, 0.25) is 0 Å². The Hall–Kier alpha value is -1.88. The maximum Gasteiger partial charge on any atom is 0.315 e. The molecular formula is C15H19N3OS. The summed E-state index contributed by atoms with van der Waals surface area (Å²) in [5.41, 5.74) is 3.47. The lowest BCUT2D eigenvalue weighted by molar-refractivity contribution is 0.240. The van der Waals surface area contributed by atoms with Gasteiger partial charge < -0.3 is 10.6 Å². The lowest BCUT2D eigenvalue weighted by atomic mass is 10.1. The van der Waals surface area contributed by atoms with Crippen LogP contribution >= 0.6 is 11.3 Å². The van der Waals surface area contributed by atoms with E-state index in [0.29, 0.717) is 13.1 Å². The van der Waals surface area contributed by atoms with Crippen molar-refractivity contribution in [3.8, 4) is 0 Å². The number of carbonyl (C=O) groups is 1. The van der Waals surface area contributed by atoms with Gasteiger partial charge in [0.1, 0.15) is 5.01 Å². The highest BCUT2D eigenvalue weighted by molar-refractivity contribution is 7.09. The molecule has 1 aromatic heterocycles. The van der Waals surface area contributed by atoms with Gasteiger partial charge in [-0.2, -0.15) is 0 Å². The molecular weight excluding hydrogens is 270 g/mol. The number of nitrogens with zero attached hydrogens (tertiary/aromatic N) is 1. The quantitative estimate of drug-likeness (QED) is 0.889. The van der Waals surface area contributed by atoms with Crippen molar-refractivity contribution in [2.45, 2.75) is 26.8 Å². The highest BCUT2D eigenvalue weighted by atomic mass is 32.1. The van der Waals surface area contributed by atoms with Gasteiger partial charge in [0.2, 0.25) is 0 Å². The molecule has 0 fully saturated rings. The van der Waals surface area contributed by atoms with Gasteiger partial charge in [-0.05, 0) is 25.8 Å². The lowest BCUT2D eigenvalue weighted by Gasteiger charge is -2.07. The van der Waals surface area contributed by atoms with Crippen molar-refractivity contribution in [2.24, 2.45) is 0 Å². The van der Waals surface area contributed by atoms with E-state index in [4.69, 9.17) is 0 Å². The molecule has 0 unspecified atom stereocenters. The Kier molecular flexibility index (Phi) is 5.12. The molecule has 0 aliphatic heterocycles. The zero-order chi connectivity index (χ0) is 14.4. The van der Waals surface area contributed by atoms with E-state index in [2.05, 4.69) is 40.7 Å². The molecule has 4 nitrogen and oxygen atoms in total. The Morgan fingerprint density at radius 1 is 1.30 bits per heavy atom. The third kappa shape index (κ3) is 4.66. The smallest absolute Gasteiger partial charge is 0.315 e. The average molecular weight is 289 g/mol. The topological polar surface area (TPSA) is 54.0 Å². The second-order valence-electron chi connectivity index (χ2n) is 4.73. The number of hydrogen-bond donors (Lipinski definition) is 2. The number of rotatable bonds is 5. The van der Waals surface area contributed by atoms with Gasteiger partial charge in [-0.25, -0.2) is 9.78 Å². The van der Waals surface area contributed by atoms with Gasteiger partial charge in [-0.1, -0.05) is 29.8 Å². The van der Waals surface area contributed by atoms with Crippen LogP contribution in [0.5, 0.6) is 0 Å². The second kappa shape index (κ2) is 7.05. The van der Waals surface area contributed by atoms with E-state index in [1.807, 2.05) is 18.4 Å². The van der Waals surface area contributed by atoms with Crippen molar-refractivity contribution in [1.29, 1.82) is 0 Å². The molecule has 1 aromatic carbocycles. The minimum Gasteiger partial charge on any atom is -0.338 e. The molecule has 5 heteroatoms. The van der Waals surface area contributed by atoms with E-state index in [-0.39, 0.29) is 6.03 Å². The predicted molar refractivity (Wildman–Crippen MR) is 82.0 cm³/mol. The summed E-state index contributed by atoms with van der Waals surface area (Å²) < 4.78 is 0. The van der Waals surface area contributed by atoms with Gasteiger partial charge in [0.05, 0.1) is 6.54 Å². The standard InChI is InChI=1S/C15H19N3OS/c1-11-4-3-5-13(8-11)6-7-16-15(19)17-9-14-18-12(2)10-20-14/h3-5,8,10H,6-7,9H2,1-2H3,(H2,16,17,19). The summed E-state index contributed by atoms with van der Waals surface area (Å²) in [5.74, 6) is 0. The minimum absolute atomic E-state index is 0.148. The molecule has 2 rings (SSSR count). The summed E-state index contributed by atoms with van der Waals surface area (Å²) in [6, 6.07) is 8.17. The number of aryl methyl sites for hydroxylation is 2. The fourth-order valence-corrected chi connectivity index (χ4v) is 2.60. The van der Waals surface area contributed by atoms with E-state index in [1.54, 1.807) is 11.3 Å². The number of hydrogen-bond acceptors (Lipinski definition) is 3. The van der Waals surface area contributed by atoms with Gasteiger partial charge in [0.15, 0.2) is 0 Å². The fraction of sp³-hybridized carbons (Fsp3) is 0.333. The van der Waals surface area contributed by atoms with Gasteiger partial charge in [-0.3, -0.25) is 0 Å². The molecule has 0 bridgehead atoms. The highest BCUT2D eigenvalue weighted by Crippen LogP contribution is 2.07. The first-order valence-electron chi connectivity index (χ1n) is 6.62. The number of benzene rings is 1. The Morgan fingerprint density at radius 3 is 2.85 bits per heavy atom. The molecule has 0 aliphatic rings. The number of aromatic nitrogens is 1. The SMILES string of the molecule is Cc1cccc(CCNC(=O)NCc2nc(C)cs2)c1. The first-order chi connectivity index (χ1) is 9.63. The Morgan fingerprint density at radius 2 is 2.15 bits per heavy atom. The first kappa shape index (κ1) is 14.5. The molecule has 0 aliphatic carbocycles. The highest BCUT2D eigenvalue weighted by Gasteiger charge is 2.02. The number of amides is 2. The fourth-order valence-electron chi connectivity index (χ4n) is 1.89. The van der Waals surface area contributed by atoms with Crippen LogP contribution in [0.25, 0.3) is 0 Å². The van der Waals surface area contributed by atoms with E-state index >= 15 is 0 Å². The summed E-state index contributed by atoms with van der Waals surface area (Å²) in [4.78, 5) is 15.9. The molecule has 1 heterocycles. The first-order valence-corrected chi connectivity index (χ1v) is 7.50. The normalized spacial score (nSPS) is 10.3. The number of carbonyl (C=O) groups excluding carboxylic acids is 1. The zero-order valence-corrected chi connectivity index (χ0v) is 12.6. The molecule has 2 amide bonds. The van der Waals surface area contributed by atoms with Crippen LogP contribution < -0.4 is 10.6 Å². The van der Waals surface area contributed by atoms with Crippen LogP contribution in [0.4, 0.5) is 4.79 Å². The van der Waals surface area contributed by atoms with Crippen molar-refractivity contribution in [1.82, 2.24) is 15.6 Å². The van der Waals surface area contributed by atoms with Gasteiger partial charge in [0.25, 0.3) is 0 Å². The van der Waals surface area contributed by atoms with Crippen LogP contribution in [0.1, 0.15) is 21.8 Å². The minimum atomic E-state index is -0.148. The molecule has 0 saturated heterocycles. The molecule has 106 valence electrons. The predicted octanol–water partition coefficient (Wildman–Crippen LogP) is 2.80. The zero-order valence-electron chi connectivity index (χ0n) is 11.8. The van der Waals surface area contributed by atoms with Crippen molar-refractivity contribution in [3.05, 3.63) is 51.5 Å². The summed E-state index contributed by atoms with van der Waals surface area (Å²) in [6.45, 7) is 5.13. The largest absolute Gasteiger partial charge is 0.338 e. The Bertz CT molecular complexity index is 580. The van der Waals surface area contributed by atoms with E-state index < -0.39 is 0 Å². The van der Waals surface area contributed by atoms with Crippen molar-refractivity contribution in [2.75, 3.05) is 6.54 Å². The van der Waals surface area contributed by atoms with E-state index in [9.17, 15) is 4.79 Å². The maximum absolute atomic E-state index is 11.6. The number of thiazole rings is 1.